The van der Waals surface area contributed by atoms with E-state index in [2.05, 4.69) is 5.32 Å². The molecule has 0 saturated carbocycles. The summed E-state index contributed by atoms with van der Waals surface area (Å²) in [7, 11) is 0. The highest BCUT2D eigenvalue weighted by Gasteiger charge is 2.22. The maximum atomic E-state index is 9.73. The van der Waals surface area contributed by atoms with E-state index in [4.69, 9.17) is 5.11 Å². The summed E-state index contributed by atoms with van der Waals surface area (Å²) < 4.78 is 0. The molecule has 0 amide bonds. The van der Waals surface area contributed by atoms with Gasteiger partial charge in [0.2, 0.25) is 0 Å². The normalized spacial score (nSPS) is 17.1. The van der Waals surface area contributed by atoms with Gasteiger partial charge in [-0.3, -0.25) is 0 Å². The summed E-state index contributed by atoms with van der Waals surface area (Å²) in [5.74, 6) is 0. The molecule has 0 aliphatic rings. The lowest BCUT2D eigenvalue weighted by Crippen LogP contribution is -2.48. The SMILES string of the molecule is CCC(C)(O)CNC(C)(C)CCO. The van der Waals surface area contributed by atoms with Crippen molar-refractivity contribution in [2.75, 3.05) is 13.2 Å². The lowest BCUT2D eigenvalue weighted by Gasteiger charge is -2.31. The van der Waals surface area contributed by atoms with Crippen molar-refractivity contribution in [1.82, 2.24) is 5.32 Å². The minimum Gasteiger partial charge on any atom is -0.396 e. The van der Waals surface area contributed by atoms with Crippen LogP contribution in [0.3, 0.4) is 0 Å². The molecular weight excluding hydrogens is 166 g/mol. The molecule has 0 aromatic heterocycles. The number of hydrogen-bond donors (Lipinski definition) is 3. The summed E-state index contributed by atoms with van der Waals surface area (Å²) in [6, 6.07) is 0. The Labute approximate surface area is 81.2 Å². The second-order valence-electron chi connectivity index (χ2n) is 4.56. The predicted octanol–water partition coefficient (Wildman–Crippen LogP) is 0.898. The smallest absolute Gasteiger partial charge is 0.0741 e. The Hall–Kier alpha value is -0.120. The highest BCUT2D eigenvalue weighted by molar-refractivity contribution is 4.82. The zero-order valence-corrected chi connectivity index (χ0v) is 9.22. The summed E-state index contributed by atoms with van der Waals surface area (Å²) >= 11 is 0. The molecule has 0 aliphatic carbocycles. The van der Waals surface area contributed by atoms with Crippen molar-refractivity contribution in [2.24, 2.45) is 0 Å². The standard InChI is InChI=1S/C10H23NO2/c1-5-10(4,13)8-11-9(2,3)6-7-12/h11-13H,5-8H2,1-4H3. The molecule has 13 heavy (non-hydrogen) atoms. The largest absolute Gasteiger partial charge is 0.396 e. The Bertz CT molecular complexity index is 144. The maximum Gasteiger partial charge on any atom is 0.0741 e. The third-order valence-corrected chi connectivity index (χ3v) is 2.45. The van der Waals surface area contributed by atoms with Gasteiger partial charge < -0.3 is 15.5 Å². The first-order valence-electron chi connectivity index (χ1n) is 4.91. The fourth-order valence-electron chi connectivity index (χ4n) is 0.923. The van der Waals surface area contributed by atoms with Gasteiger partial charge in [0.25, 0.3) is 0 Å². The van der Waals surface area contributed by atoms with E-state index in [0.717, 1.165) is 6.42 Å². The van der Waals surface area contributed by atoms with E-state index in [-0.39, 0.29) is 12.1 Å². The highest BCUT2D eigenvalue weighted by atomic mass is 16.3. The first kappa shape index (κ1) is 12.9. The Balaban J connectivity index is 3.86. The van der Waals surface area contributed by atoms with Crippen LogP contribution in [0.25, 0.3) is 0 Å². The van der Waals surface area contributed by atoms with Crippen molar-refractivity contribution < 1.29 is 10.2 Å². The van der Waals surface area contributed by atoms with Crippen LogP contribution < -0.4 is 5.32 Å². The van der Waals surface area contributed by atoms with Gasteiger partial charge in [-0.15, -0.1) is 0 Å². The first-order chi connectivity index (χ1) is 5.83. The quantitative estimate of drug-likeness (QED) is 0.582. The summed E-state index contributed by atoms with van der Waals surface area (Å²) in [6.45, 7) is 8.56. The molecule has 0 aromatic carbocycles. The van der Waals surface area contributed by atoms with Crippen LogP contribution in [0.5, 0.6) is 0 Å². The first-order valence-corrected chi connectivity index (χ1v) is 4.91. The van der Waals surface area contributed by atoms with E-state index < -0.39 is 5.60 Å². The van der Waals surface area contributed by atoms with Crippen molar-refractivity contribution in [1.29, 1.82) is 0 Å². The Morgan fingerprint density at radius 3 is 2.15 bits per heavy atom. The molecule has 3 nitrogen and oxygen atoms in total. The van der Waals surface area contributed by atoms with Crippen LogP contribution in [-0.2, 0) is 0 Å². The maximum absolute atomic E-state index is 9.73. The third-order valence-electron chi connectivity index (χ3n) is 2.45. The highest BCUT2D eigenvalue weighted by Crippen LogP contribution is 2.12. The molecule has 80 valence electrons. The molecule has 0 spiro atoms. The summed E-state index contributed by atoms with van der Waals surface area (Å²) in [5, 5.41) is 21.8. The molecule has 3 heteroatoms. The Kier molecular flexibility index (Phi) is 4.89. The van der Waals surface area contributed by atoms with Gasteiger partial charge in [0.05, 0.1) is 5.60 Å². The topological polar surface area (TPSA) is 52.5 Å². The summed E-state index contributed by atoms with van der Waals surface area (Å²) in [6.07, 6.45) is 1.43. The van der Waals surface area contributed by atoms with E-state index in [9.17, 15) is 5.11 Å². The fraction of sp³-hybridized carbons (Fsp3) is 1.00. The van der Waals surface area contributed by atoms with Gasteiger partial charge in [0.15, 0.2) is 0 Å². The van der Waals surface area contributed by atoms with Crippen molar-refractivity contribution in [3.8, 4) is 0 Å². The molecule has 1 atom stereocenters. The molecule has 0 heterocycles. The van der Waals surface area contributed by atoms with E-state index in [1.54, 1.807) is 0 Å². The van der Waals surface area contributed by atoms with Gasteiger partial charge in [-0.2, -0.15) is 0 Å². The van der Waals surface area contributed by atoms with Gasteiger partial charge >= 0.3 is 0 Å². The average molecular weight is 189 g/mol. The van der Waals surface area contributed by atoms with Crippen molar-refractivity contribution in [3.63, 3.8) is 0 Å². The van der Waals surface area contributed by atoms with Crippen LogP contribution in [0.15, 0.2) is 0 Å². The zero-order valence-electron chi connectivity index (χ0n) is 9.22. The van der Waals surface area contributed by atoms with Crippen LogP contribution in [0, 0.1) is 0 Å². The predicted molar refractivity (Wildman–Crippen MR) is 54.7 cm³/mol. The zero-order chi connectivity index (χ0) is 10.5. The van der Waals surface area contributed by atoms with E-state index in [1.807, 2.05) is 27.7 Å². The lowest BCUT2D eigenvalue weighted by molar-refractivity contribution is 0.0462. The van der Waals surface area contributed by atoms with Crippen molar-refractivity contribution in [3.05, 3.63) is 0 Å². The third kappa shape index (κ3) is 6.02. The van der Waals surface area contributed by atoms with E-state index in [0.29, 0.717) is 13.0 Å². The second kappa shape index (κ2) is 4.94. The molecule has 1 unspecified atom stereocenters. The van der Waals surface area contributed by atoms with Gasteiger partial charge in [-0.25, -0.2) is 0 Å². The molecular formula is C10H23NO2. The molecule has 0 radical (unpaired) electrons. The number of hydrogen-bond acceptors (Lipinski definition) is 3. The molecule has 0 saturated heterocycles. The Morgan fingerprint density at radius 2 is 1.77 bits per heavy atom. The van der Waals surface area contributed by atoms with Crippen molar-refractivity contribution in [2.45, 2.75) is 51.7 Å². The number of β-amino-alcohol motifs (C(OH)–C–C–N with tert-alkyl or cyclic N) is 1. The fourth-order valence-corrected chi connectivity index (χ4v) is 0.923. The average Bonchev–Trinajstić information content (AvgIpc) is 2.02. The van der Waals surface area contributed by atoms with Gasteiger partial charge in [-0.05, 0) is 33.6 Å². The molecule has 0 aromatic rings. The van der Waals surface area contributed by atoms with Gasteiger partial charge in [0, 0.05) is 18.7 Å². The minimum absolute atomic E-state index is 0.103. The number of rotatable bonds is 6. The molecule has 0 rings (SSSR count). The molecule has 3 N–H and O–H groups in total. The number of nitrogens with one attached hydrogen (secondary N) is 1. The lowest BCUT2D eigenvalue weighted by atomic mass is 9.97. The van der Waals surface area contributed by atoms with Gasteiger partial charge in [-0.1, -0.05) is 6.92 Å². The molecule has 0 fully saturated rings. The number of aliphatic hydroxyl groups is 2. The van der Waals surface area contributed by atoms with Crippen LogP contribution in [-0.4, -0.2) is 34.5 Å². The van der Waals surface area contributed by atoms with E-state index in [1.165, 1.54) is 0 Å². The van der Waals surface area contributed by atoms with Crippen LogP contribution in [0.1, 0.15) is 40.5 Å². The van der Waals surface area contributed by atoms with Crippen molar-refractivity contribution >= 4 is 0 Å². The van der Waals surface area contributed by atoms with Gasteiger partial charge in [0.1, 0.15) is 0 Å². The minimum atomic E-state index is -0.646. The van der Waals surface area contributed by atoms with Crippen LogP contribution in [0.2, 0.25) is 0 Å². The summed E-state index contributed by atoms with van der Waals surface area (Å²) in [4.78, 5) is 0. The van der Waals surface area contributed by atoms with Crippen LogP contribution >= 0.6 is 0 Å². The monoisotopic (exact) mass is 189 g/mol. The molecule has 0 bridgehead atoms. The molecule has 0 aliphatic heterocycles. The number of aliphatic hydroxyl groups excluding tert-OH is 1. The van der Waals surface area contributed by atoms with E-state index >= 15 is 0 Å². The summed E-state index contributed by atoms with van der Waals surface area (Å²) in [5.41, 5.74) is -0.749. The van der Waals surface area contributed by atoms with Crippen LogP contribution in [0.4, 0.5) is 0 Å². The Morgan fingerprint density at radius 1 is 1.23 bits per heavy atom. The second-order valence-corrected chi connectivity index (χ2v) is 4.56.